The first-order valence-corrected chi connectivity index (χ1v) is 10.7. The monoisotopic (exact) mass is 450 g/mol. The third-order valence-corrected chi connectivity index (χ3v) is 6.44. The van der Waals surface area contributed by atoms with Crippen LogP contribution < -0.4 is 22.5 Å². The summed E-state index contributed by atoms with van der Waals surface area (Å²) in [6, 6.07) is -0.894. The Labute approximate surface area is 184 Å². The van der Waals surface area contributed by atoms with Crippen molar-refractivity contribution in [1.82, 2.24) is 24.8 Å². The molecule has 0 aromatic carbocycles. The third-order valence-electron chi connectivity index (χ3n) is 6.44. The van der Waals surface area contributed by atoms with E-state index >= 15 is 0 Å². The van der Waals surface area contributed by atoms with Crippen molar-refractivity contribution in [1.29, 1.82) is 0 Å². The number of nitrogens with zero attached hydrogens (tertiary/aromatic N) is 4. The highest BCUT2D eigenvalue weighted by Gasteiger charge is 2.46. The zero-order chi connectivity index (χ0) is 23.0. The number of carboxylic acids is 1. The van der Waals surface area contributed by atoms with Gasteiger partial charge in [0.05, 0.1) is 12.4 Å². The molecule has 6 atom stereocenters. The minimum absolute atomic E-state index is 0.0705. The number of aliphatic hydroxyl groups is 2. The number of anilines is 1. The van der Waals surface area contributed by atoms with E-state index in [-0.39, 0.29) is 30.2 Å². The molecule has 0 radical (unpaired) electrons. The molecule has 32 heavy (non-hydrogen) atoms. The largest absolute Gasteiger partial charge is 0.480 e. The van der Waals surface area contributed by atoms with Crippen LogP contribution in [0.3, 0.4) is 0 Å². The van der Waals surface area contributed by atoms with Gasteiger partial charge in [-0.25, -0.2) is 15.0 Å². The van der Waals surface area contributed by atoms with Crippen LogP contribution in [0, 0.1) is 5.92 Å². The Morgan fingerprint density at radius 3 is 2.72 bits per heavy atom. The van der Waals surface area contributed by atoms with Gasteiger partial charge in [-0.15, -0.1) is 0 Å². The highest BCUT2D eigenvalue weighted by molar-refractivity contribution is 5.81. The van der Waals surface area contributed by atoms with Crippen LogP contribution in [0.1, 0.15) is 31.9 Å². The molecular weight excluding hydrogens is 420 g/mol. The van der Waals surface area contributed by atoms with Crippen molar-refractivity contribution in [3.8, 4) is 0 Å². The molecule has 2 aliphatic rings. The fourth-order valence-corrected chi connectivity index (χ4v) is 4.49. The van der Waals surface area contributed by atoms with Crippen molar-refractivity contribution >= 4 is 23.0 Å². The Bertz CT molecular complexity index is 951. The van der Waals surface area contributed by atoms with E-state index in [9.17, 15) is 15.0 Å². The number of imidazole rings is 1. The lowest BCUT2D eigenvalue weighted by atomic mass is 9.74. The molecule has 0 bridgehead atoms. The Morgan fingerprint density at radius 2 is 2.03 bits per heavy atom. The number of aliphatic hydroxyl groups excluding tert-OH is 2. The van der Waals surface area contributed by atoms with Crippen LogP contribution in [0.25, 0.3) is 11.2 Å². The standard InChI is InChI=1S/C19H30N8O5/c20-9-3-8(4-9)11(23-2-1-10(21)19(30)31)5-12-14(28)15(29)18(32-12)27-7-26-13-16(22)24-6-25-17(13)27/h6-12,14-15,18,23,28-29H,1-5,20-21H2,(H,30,31)(H2,22,24,25)/t8?,9?,10?,11?,12-,14-,15-,18-/m1/s1. The molecule has 2 unspecified atom stereocenters. The number of rotatable bonds is 9. The van der Waals surface area contributed by atoms with Gasteiger partial charge in [-0.1, -0.05) is 0 Å². The third kappa shape index (κ3) is 4.40. The van der Waals surface area contributed by atoms with Gasteiger partial charge in [0.15, 0.2) is 17.7 Å². The maximum absolute atomic E-state index is 11.0. The second-order valence-corrected chi connectivity index (χ2v) is 8.65. The van der Waals surface area contributed by atoms with Crippen molar-refractivity contribution in [3.05, 3.63) is 12.7 Å². The fraction of sp³-hybridized carbons (Fsp3) is 0.684. The van der Waals surface area contributed by atoms with E-state index in [1.807, 2.05) is 0 Å². The van der Waals surface area contributed by atoms with Gasteiger partial charge in [0.25, 0.3) is 0 Å². The number of ether oxygens (including phenoxy) is 1. The van der Waals surface area contributed by atoms with E-state index in [1.165, 1.54) is 17.2 Å². The molecule has 176 valence electrons. The fourth-order valence-electron chi connectivity index (χ4n) is 4.49. The molecule has 2 aromatic heterocycles. The smallest absolute Gasteiger partial charge is 0.320 e. The second-order valence-electron chi connectivity index (χ2n) is 8.65. The van der Waals surface area contributed by atoms with E-state index in [0.717, 1.165) is 12.8 Å². The van der Waals surface area contributed by atoms with Crippen LogP contribution >= 0.6 is 0 Å². The summed E-state index contributed by atoms with van der Waals surface area (Å²) in [6.45, 7) is 0.404. The quantitative estimate of drug-likeness (QED) is 0.219. The van der Waals surface area contributed by atoms with Crippen LogP contribution in [0.4, 0.5) is 5.82 Å². The van der Waals surface area contributed by atoms with Crippen LogP contribution in [-0.2, 0) is 9.53 Å². The number of carbonyl (C=O) groups is 1. The molecule has 1 aliphatic heterocycles. The number of aliphatic carboxylic acids is 1. The zero-order valence-electron chi connectivity index (χ0n) is 17.5. The topological polar surface area (TPSA) is 221 Å². The van der Waals surface area contributed by atoms with Crippen molar-refractivity contribution in [2.45, 2.75) is 68.3 Å². The first kappa shape index (κ1) is 22.8. The molecule has 1 aliphatic carbocycles. The number of nitrogens with two attached hydrogens (primary N) is 3. The normalized spacial score (nSPS) is 32.0. The Balaban J connectivity index is 1.45. The summed E-state index contributed by atoms with van der Waals surface area (Å²) in [5.41, 5.74) is 18.2. The highest BCUT2D eigenvalue weighted by Crippen LogP contribution is 2.37. The van der Waals surface area contributed by atoms with Gasteiger partial charge in [-0.05, 0) is 38.1 Å². The number of aromatic nitrogens is 4. The number of carboxylic acid groups (broad SMARTS) is 1. The number of nitrogens with one attached hydrogen (secondary N) is 1. The average Bonchev–Trinajstić information content (AvgIpc) is 3.28. The summed E-state index contributed by atoms with van der Waals surface area (Å²) >= 11 is 0. The summed E-state index contributed by atoms with van der Waals surface area (Å²) in [4.78, 5) is 23.2. The maximum atomic E-state index is 11.0. The summed E-state index contributed by atoms with van der Waals surface area (Å²) < 4.78 is 7.59. The number of hydrogen-bond donors (Lipinski definition) is 7. The number of fused-ring (bicyclic) bond motifs is 1. The van der Waals surface area contributed by atoms with E-state index in [2.05, 4.69) is 20.3 Å². The first-order valence-electron chi connectivity index (χ1n) is 10.7. The molecule has 1 saturated heterocycles. The Hall–Kier alpha value is -2.42. The molecule has 0 spiro atoms. The van der Waals surface area contributed by atoms with Crippen LogP contribution in [-0.4, -0.2) is 83.8 Å². The lowest BCUT2D eigenvalue weighted by Crippen LogP contribution is -2.51. The van der Waals surface area contributed by atoms with Gasteiger partial charge in [-0.3, -0.25) is 9.36 Å². The molecule has 10 N–H and O–H groups in total. The highest BCUT2D eigenvalue weighted by atomic mass is 16.6. The van der Waals surface area contributed by atoms with E-state index in [4.69, 9.17) is 27.0 Å². The minimum atomic E-state index is -1.20. The minimum Gasteiger partial charge on any atom is -0.480 e. The zero-order valence-corrected chi connectivity index (χ0v) is 17.5. The lowest BCUT2D eigenvalue weighted by molar-refractivity contribution is -0.138. The summed E-state index contributed by atoms with van der Waals surface area (Å²) in [7, 11) is 0. The van der Waals surface area contributed by atoms with Gasteiger partial charge in [-0.2, -0.15) is 0 Å². The molecular formula is C19H30N8O5. The number of hydrogen-bond acceptors (Lipinski definition) is 11. The lowest BCUT2D eigenvalue weighted by Gasteiger charge is -2.40. The predicted molar refractivity (Wildman–Crippen MR) is 113 cm³/mol. The van der Waals surface area contributed by atoms with E-state index < -0.39 is 36.6 Å². The maximum Gasteiger partial charge on any atom is 0.320 e. The second kappa shape index (κ2) is 9.21. The summed E-state index contributed by atoms with van der Waals surface area (Å²) in [6.07, 6.45) is 1.20. The first-order chi connectivity index (χ1) is 15.3. The van der Waals surface area contributed by atoms with Gasteiger partial charge < -0.3 is 42.6 Å². The van der Waals surface area contributed by atoms with E-state index in [0.29, 0.717) is 24.1 Å². The molecule has 1 saturated carbocycles. The van der Waals surface area contributed by atoms with Crippen molar-refractivity contribution in [2.24, 2.45) is 17.4 Å². The molecule has 3 heterocycles. The molecule has 13 heteroatoms. The molecule has 13 nitrogen and oxygen atoms in total. The molecule has 0 amide bonds. The predicted octanol–water partition coefficient (Wildman–Crippen LogP) is -2.08. The van der Waals surface area contributed by atoms with Gasteiger partial charge in [0.1, 0.15) is 30.1 Å². The number of nitrogen functional groups attached to an aromatic ring is 1. The van der Waals surface area contributed by atoms with Crippen molar-refractivity contribution in [3.63, 3.8) is 0 Å². The molecule has 4 rings (SSSR count). The van der Waals surface area contributed by atoms with Crippen LogP contribution in [0.5, 0.6) is 0 Å². The summed E-state index contributed by atoms with van der Waals surface area (Å²) in [5, 5.41) is 33.7. The van der Waals surface area contributed by atoms with Gasteiger partial charge in [0.2, 0.25) is 0 Å². The van der Waals surface area contributed by atoms with Crippen LogP contribution in [0.2, 0.25) is 0 Å². The van der Waals surface area contributed by atoms with Crippen molar-refractivity contribution < 1.29 is 24.9 Å². The Kier molecular flexibility index (Phi) is 6.55. The average molecular weight is 451 g/mol. The van der Waals surface area contributed by atoms with Crippen molar-refractivity contribution in [2.75, 3.05) is 12.3 Å². The van der Waals surface area contributed by atoms with Gasteiger partial charge in [0, 0.05) is 12.1 Å². The molecule has 2 fully saturated rings. The van der Waals surface area contributed by atoms with Crippen LogP contribution in [0.15, 0.2) is 12.7 Å². The van der Waals surface area contributed by atoms with Gasteiger partial charge >= 0.3 is 5.97 Å². The van der Waals surface area contributed by atoms with E-state index in [1.54, 1.807) is 0 Å². The molecule has 2 aromatic rings. The summed E-state index contributed by atoms with van der Waals surface area (Å²) in [5.74, 6) is -0.574. The SMILES string of the molecule is Nc1ncnc2c1ncn2[C@@H]1O[C@H](CC(NCCC(N)C(=O)O)C2CC(N)C2)[C@@H](O)[C@H]1O. The Morgan fingerprint density at radius 1 is 1.28 bits per heavy atom.